The van der Waals surface area contributed by atoms with E-state index in [4.69, 9.17) is 10.5 Å². The van der Waals surface area contributed by atoms with Crippen molar-refractivity contribution < 1.29 is 9.53 Å². The average molecular weight is 340 g/mol. The van der Waals surface area contributed by atoms with E-state index >= 15 is 0 Å². The molecule has 2 heterocycles. The van der Waals surface area contributed by atoms with Crippen molar-refractivity contribution in [2.24, 2.45) is 5.73 Å². The maximum atomic E-state index is 11.3. The van der Waals surface area contributed by atoms with E-state index in [1.165, 1.54) is 12.8 Å². The van der Waals surface area contributed by atoms with Gasteiger partial charge in [0, 0.05) is 41.7 Å². The molecule has 1 saturated carbocycles. The summed E-state index contributed by atoms with van der Waals surface area (Å²) in [6.45, 7) is 2.11. The van der Waals surface area contributed by atoms with Gasteiger partial charge in [-0.2, -0.15) is 5.10 Å². The summed E-state index contributed by atoms with van der Waals surface area (Å²) in [6.07, 6.45) is 8.33. The number of hydrogen-bond acceptors (Lipinski definition) is 4. The quantitative estimate of drug-likeness (QED) is 0.908. The Morgan fingerprint density at radius 2 is 2.16 bits per heavy atom. The number of anilines is 1. The molecule has 0 saturated heterocycles. The standard InChI is InChI=1S/C19H24N4O2/c1-12-3-6-16-17(22(12)2)8-7-15(19(16)25-11-18(20)24)13-9-21-23(10-13)14-4-5-14/h7-10,12,14H,3-6,11H2,1-2H3,(H2,20,24). The molecule has 2 aromatic rings. The molecule has 1 aliphatic carbocycles. The minimum atomic E-state index is -0.463. The molecule has 6 heteroatoms. The van der Waals surface area contributed by atoms with Crippen LogP contribution in [-0.2, 0) is 11.2 Å². The van der Waals surface area contributed by atoms with Crippen molar-refractivity contribution in [3.63, 3.8) is 0 Å². The maximum absolute atomic E-state index is 11.3. The fourth-order valence-electron chi connectivity index (χ4n) is 3.53. The fraction of sp³-hybridized carbons (Fsp3) is 0.474. The van der Waals surface area contributed by atoms with Gasteiger partial charge in [-0.1, -0.05) is 0 Å². The highest BCUT2D eigenvalue weighted by Gasteiger charge is 2.27. The lowest BCUT2D eigenvalue weighted by Gasteiger charge is -2.35. The topological polar surface area (TPSA) is 73.4 Å². The van der Waals surface area contributed by atoms with Gasteiger partial charge in [0.05, 0.1) is 12.2 Å². The van der Waals surface area contributed by atoms with Crippen LogP contribution in [0.1, 0.15) is 37.8 Å². The normalized spacial score (nSPS) is 19.6. The number of carbonyl (C=O) groups excluding carboxylic acids is 1. The van der Waals surface area contributed by atoms with Gasteiger partial charge in [-0.25, -0.2) is 0 Å². The molecule has 25 heavy (non-hydrogen) atoms. The number of hydrogen-bond donors (Lipinski definition) is 1. The predicted molar refractivity (Wildman–Crippen MR) is 96.8 cm³/mol. The number of fused-ring (bicyclic) bond motifs is 1. The Labute approximate surface area is 147 Å². The summed E-state index contributed by atoms with van der Waals surface area (Å²) in [6, 6.07) is 5.23. The van der Waals surface area contributed by atoms with Gasteiger partial charge >= 0.3 is 0 Å². The Balaban J connectivity index is 1.77. The average Bonchev–Trinajstić information content (AvgIpc) is 3.33. The van der Waals surface area contributed by atoms with Crippen molar-refractivity contribution in [3.8, 4) is 16.9 Å². The fourth-order valence-corrected chi connectivity index (χ4v) is 3.53. The summed E-state index contributed by atoms with van der Waals surface area (Å²) in [5.41, 5.74) is 9.64. The number of carbonyl (C=O) groups is 1. The number of amides is 1. The molecule has 1 unspecified atom stereocenters. The van der Waals surface area contributed by atoms with Gasteiger partial charge in [-0.3, -0.25) is 9.48 Å². The number of nitrogens with zero attached hydrogens (tertiary/aromatic N) is 3. The van der Waals surface area contributed by atoms with Gasteiger partial charge in [0.25, 0.3) is 5.91 Å². The molecular weight excluding hydrogens is 316 g/mol. The van der Waals surface area contributed by atoms with Gasteiger partial charge in [-0.05, 0) is 44.7 Å². The first-order valence-electron chi connectivity index (χ1n) is 8.89. The lowest BCUT2D eigenvalue weighted by Crippen LogP contribution is -2.34. The van der Waals surface area contributed by atoms with Gasteiger partial charge in [0.1, 0.15) is 5.75 Å². The van der Waals surface area contributed by atoms with Crippen LogP contribution in [0.15, 0.2) is 24.5 Å². The van der Waals surface area contributed by atoms with Crippen molar-refractivity contribution in [1.29, 1.82) is 0 Å². The number of primary amides is 1. The minimum absolute atomic E-state index is 0.112. The molecule has 2 N–H and O–H groups in total. The number of benzene rings is 1. The summed E-state index contributed by atoms with van der Waals surface area (Å²) in [4.78, 5) is 13.5. The van der Waals surface area contributed by atoms with E-state index < -0.39 is 5.91 Å². The van der Waals surface area contributed by atoms with E-state index in [0.29, 0.717) is 12.1 Å². The molecule has 1 atom stereocenters. The first-order chi connectivity index (χ1) is 12.0. The van der Waals surface area contributed by atoms with E-state index in [1.54, 1.807) is 0 Å². The molecule has 0 bridgehead atoms. The highest BCUT2D eigenvalue weighted by Crippen LogP contribution is 2.43. The van der Waals surface area contributed by atoms with Crippen LogP contribution >= 0.6 is 0 Å². The van der Waals surface area contributed by atoms with Crippen LogP contribution in [-0.4, -0.2) is 35.4 Å². The van der Waals surface area contributed by atoms with Gasteiger partial charge in [0.15, 0.2) is 6.61 Å². The van der Waals surface area contributed by atoms with E-state index in [2.05, 4.69) is 42.3 Å². The zero-order chi connectivity index (χ0) is 17.6. The number of aromatic nitrogens is 2. The largest absolute Gasteiger partial charge is 0.483 e. The second-order valence-electron chi connectivity index (χ2n) is 7.13. The third-order valence-corrected chi connectivity index (χ3v) is 5.28. The zero-order valence-electron chi connectivity index (χ0n) is 14.7. The van der Waals surface area contributed by atoms with Gasteiger partial charge in [-0.15, -0.1) is 0 Å². The lowest BCUT2D eigenvalue weighted by molar-refractivity contribution is -0.119. The minimum Gasteiger partial charge on any atom is -0.483 e. The smallest absolute Gasteiger partial charge is 0.255 e. The molecule has 0 spiro atoms. The monoisotopic (exact) mass is 340 g/mol. The lowest BCUT2D eigenvalue weighted by atomic mass is 9.93. The summed E-state index contributed by atoms with van der Waals surface area (Å²) < 4.78 is 7.91. The third-order valence-electron chi connectivity index (χ3n) is 5.28. The second-order valence-corrected chi connectivity index (χ2v) is 7.13. The predicted octanol–water partition coefficient (Wildman–Crippen LogP) is 2.52. The molecule has 1 aromatic heterocycles. The molecule has 0 radical (unpaired) electrons. The van der Waals surface area contributed by atoms with E-state index in [1.807, 2.05) is 10.9 Å². The highest BCUT2D eigenvalue weighted by molar-refractivity contribution is 5.79. The van der Waals surface area contributed by atoms with E-state index in [-0.39, 0.29) is 6.61 Å². The van der Waals surface area contributed by atoms with Crippen molar-refractivity contribution in [2.45, 2.75) is 44.7 Å². The van der Waals surface area contributed by atoms with Crippen LogP contribution in [0.5, 0.6) is 5.75 Å². The van der Waals surface area contributed by atoms with Crippen molar-refractivity contribution >= 4 is 11.6 Å². The SMILES string of the molecule is CC1CCc2c(ccc(-c3cnn(C4CC4)c3)c2OCC(N)=O)N1C. The molecule has 1 fully saturated rings. The molecule has 4 rings (SSSR count). The molecule has 132 valence electrons. The molecule has 6 nitrogen and oxygen atoms in total. The Morgan fingerprint density at radius 1 is 1.36 bits per heavy atom. The zero-order valence-corrected chi connectivity index (χ0v) is 14.7. The van der Waals surface area contributed by atoms with Gasteiger partial charge < -0.3 is 15.4 Å². The molecule has 2 aliphatic rings. The number of ether oxygens (including phenoxy) is 1. The Bertz CT molecular complexity index is 810. The summed E-state index contributed by atoms with van der Waals surface area (Å²) in [5, 5.41) is 4.49. The molecule has 1 aromatic carbocycles. The summed E-state index contributed by atoms with van der Waals surface area (Å²) >= 11 is 0. The second kappa shape index (κ2) is 6.10. The van der Waals surface area contributed by atoms with Crippen molar-refractivity contribution in [1.82, 2.24) is 9.78 Å². The van der Waals surface area contributed by atoms with Crippen LogP contribution in [0.2, 0.25) is 0 Å². The van der Waals surface area contributed by atoms with Crippen LogP contribution < -0.4 is 15.4 Å². The van der Waals surface area contributed by atoms with Crippen LogP contribution in [0.3, 0.4) is 0 Å². The van der Waals surface area contributed by atoms with Gasteiger partial charge in [0.2, 0.25) is 0 Å². The molecule has 1 aliphatic heterocycles. The summed E-state index contributed by atoms with van der Waals surface area (Å²) in [7, 11) is 2.10. The molecule has 1 amide bonds. The van der Waals surface area contributed by atoms with E-state index in [9.17, 15) is 4.79 Å². The molecular formula is C19H24N4O2. The Hall–Kier alpha value is -2.50. The summed E-state index contributed by atoms with van der Waals surface area (Å²) in [5.74, 6) is 0.306. The van der Waals surface area contributed by atoms with Crippen LogP contribution in [0.4, 0.5) is 5.69 Å². The van der Waals surface area contributed by atoms with Crippen molar-refractivity contribution in [2.75, 3.05) is 18.6 Å². The van der Waals surface area contributed by atoms with E-state index in [0.717, 1.165) is 41.0 Å². The maximum Gasteiger partial charge on any atom is 0.255 e. The van der Waals surface area contributed by atoms with Crippen LogP contribution in [0, 0.1) is 0 Å². The first-order valence-corrected chi connectivity index (χ1v) is 8.89. The van der Waals surface area contributed by atoms with Crippen LogP contribution in [0.25, 0.3) is 11.1 Å². The van der Waals surface area contributed by atoms with Crippen molar-refractivity contribution in [3.05, 3.63) is 30.1 Å². The highest BCUT2D eigenvalue weighted by atomic mass is 16.5. The first kappa shape index (κ1) is 16.0. The number of rotatable bonds is 5. The Morgan fingerprint density at radius 3 is 2.88 bits per heavy atom. The Kier molecular flexibility index (Phi) is 3.90. The third kappa shape index (κ3) is 2.97. The number of nitrogens with two attached hydrogens (primary N) is 1.